The minimum Gasteiger partial charge on any atom is -0.383 e. The van der Waals surface area contributed by atoms with Gasteiger partial charge in [0.2, 0.25) is 5.91 Å². The first-order valence-electron chi connectivity index (χ1n) is 5.31. The smallest absolute Gasteiger partial charge is 0.236 e. The molecule has 0 aromatic carbocycles. The standard InChI is InChI=1S/C10H23N3O2/c1-4-12(2)10(14)9-13(6-5-11)7-8-15-3/h4-9,11H2,1-3H3. The minimum absolute atomic E-state index is 0.127. The summed E-state index contributed by atoms with van der Waals surface area (Å²) in [6.45, 7) is 5.78. The summed E-state index contributed by atoms with van der Waals surface area (Å²) in [5.74, 6) is 0.127. The maximum atomic E-state index is 11.6. The van der Waals surface area contributed by atoms with E-state index in [1.807, 2.05) is 11.8 Å². The molecule has 0 aliphatic heterocycles. The van der Waals surface area contributed by atoms with Crippen LogP contribution in [0.1, 0.15) is 6.92 Å². The molecule has 0 aromatic heterocycles. The molecule has 0 atom stereocenters. The van der Waals surface area contributed by atoms with Crippen LogP contribution in [-0.4, -0.2) is 69.2 Å². The lowest BCUT2D eigenvalue weighted by Gasteiger charge is -2.23. The summed E-state index contributed by atoms with van der Waals surface area (Å²) >= 11 is 0. The molecular formula is C10H23N3O2. The van der Waals surface area contributed by atoms with Crippen LogP contribution in [0.4, 0.5) is 0 Å². The van der Waals surface area contributed by atoms with Gasteiger partial charge in [0.05, 0.1) is 13.2 Å². The quantitative estimate of drug-likeness (QED) is 0.588. The predicted octanol–water partition coefficient (Wildman–Crippen LogP) is -0.628. The van der Waals surface area contributed by atoms with Gasteiger partial charge < -0.3 is 15.4 Å². The van der Waals surface area contributed by atoms with E-state index in [0.29, 0.717) is 19.7 Å². The summed E-state index contributed by atoms with van der Waals surface area (Å²) in [5.41, 5.74) is 5.48. The van der Waals surface area contributed by atoms with Crippen LogP contribution in [0.25, 0.3) is 0 Å². The molecule has 0 aromatic rings. The molecule has 0 bridgehead atoms. The Morgan fingerprint density at radius 2 is 2.07 bits per heavy atom. The third-order valence-corrected chi connectivity index (χ3v) is 2.32. The van der Waals surface area contributed by atoms with Crippen LogP contribution in [-0.2, 0) is 9.53 Å². The third kappa shape index (κ3) is 6.43. The SMILES string of the molecule is CCN(C)C(=O)CN(CCN)CCOC. The van der Waals surface area contributed by atoms with E-state index in [4.69, 9.17) is 10.5 Å². The zero-order valence-corrected chi connectivity index (χ0v) is 10.0. The molecule has 5 heteroatoms. The van der Waals surface area contributed by atoms with Crippen LogP contribution >= 0.6 is 0 Å². The molecule has 0 heterocycles. The highest BCUT2D eigenvalue weighted by Crippen LogP contribution is 1.92. The highest BCUT2D eigenvalue weighted by atomic mass is 16.5. The molecule has 0 radical (unpaired) electrons. The van der Waals surface area contributed by atoms with Crippen molar-refractivity contribution in [3.63, 3.8) is 0 Å². The number of likely N-dealkylation sites (N-methyl/N-ethyl adjacent to an activating group) is 1. The first-order chi connectivity index (χ1) is 7.15. The summed E-state index contributed by atoms with van der Waals surface area (Å²) in [7, 11) is 3.46. The van der Waals surface area contributed by atoms with Crippen LogP contribution in [0, 0.1) is 0 Å². The second-order valence-electron chi connectivity index (χ2n) is 3.47. The number of nitrogens with two attached hydrogens (primary N) is 1. The molecule has 5 nitrogen and oxygen atoms in total. The molecular weight excluding hydrogens is 194 g/mol. The van der Waals surface area contributed by atoms with E-state index in [1.54, 1.807) is 19.1 Å². The maximum absolute atomic E-state index is 11.6. The van der Waals surface area contributed by atoms with Gasteiger partial charge in [-0.3, -0.25) is 9.69 Å². The first kappa shape index (κ1) is 14.3. The fourth-order valence-electron chi connectivity index (χ4n) is 1.16. The van der Waals surface area contributed by atoms with Crippen molar-refractivity contribution >= 4 is 5.91 Å². The maximum Gasteiger partial charge on any atom is 0.236 e. The molecule has 0 rings (SSSR count). The fraction of sp³-hybridized carbons (Fsp3) is 0.900. The normalized spacial score (nSPS) is 10.7. The van der Waals surface area contributed by atoms with Gasteiger partial charge in [0.15, 0.2) is 0 Å². The molecule has 0 saturated heterocycles. The highest BCUT2D eigenvalue weighted by molar-refractivity contribution is 5.77. The van der Waals surface area contributed by atoms with Crippen molar-refractivity contribution in [2.24, 2.45) is 5.73 Å². The van der Waals surface area contributed by atoms with E-state index in [1.165, 1.54) is 0 Å². The van der Waals surface area contributed by atoms with Gasteiger partial charge in [0, 0.05) is 40.3 Å². The average Bonchev–Trinajstić information content (AvgIpc) is 2.24. The Morgan fingerprint density at radius 1 is 1.40 bits per heavy atom. The summed E-state index contributed by atoms with van der Waals surface area (Å²) in [5, 5.41) is 0. The Balaban J connectivity index is 3.97. The molecule has 0 saturated carbocycles. The van der Waals surface area contributed by atoms with E-state index < -0.39 is 0 Å². The second-order valence-corrected chi connectivity index (χ2v) is 3.47. The first-order valence-corrected chi connectivity index (χ1v) is 5.31. The lowest BCUT2D eigenvalue weighted by molar-refractivity contribution is -0.131. The Morgan fingerprint density at radius 3 is 2.53 bits per heavy atom. The molecule has 90 valence electrons. The Bertz CT molecular complexity index is 176. The third-order valence-electron chi connectivity index (χ3n) is 2.32. The van der Waals surface area contributed by atoms with E-state index in [0.717, 1.165) is 19.6 Å². The number of nitrogens with zero attached hydrogens (tertiary/aromatic N) is 2. The van der Waals surface area contributed by atoms with Crippen LogP contribution in [0.2, 0.25) is 0 Å². The molecule has 0 spiro atoms. The monoisotopic (exact) mass is 217 g/mol. The topological polar surface area (TPSA) is 58.8 Å². The van der Waals surface area contributed by atoms with Gasteiger partial charge >= 0.3 is 0 Å². The number of ether oxygens (including phenoxy) is 1. The van der Waals surface area contributed by atoms with Crippen molar-refractivity contribution in [3.05, 3.63) is 0 Å². The molecule has 15 heavy (non-hydrogen) atoms. The van der Waals surface area contributed by atoms with Gasteiger partial charge in [-0.15, -0.1) is 0 Å². The average molecular weight is 217 g/mol. The van der Waals surface area contributed by atoms with Crippen molar-refractivity contribution in [1.29, 1.82) is 0 Å². The van der Waals surface area contributed by atoms with Gasteiger partial charge in [-0.2, -0.15) is 0 Å². The number of carbonyl (C=O) groups is 1. The van der Waals surface area contributed by atoms with Crippen molar-refractivity contribution in [1.82, 2.24) is 9.80 Å². The van der Waals surface area contributed by atoms with Crippen molar-refractivity contribution in [3.8, 4) is 0 Å². The number of amides is 1. The zero-order valence-electron chi connectivity index (χ0n) is 10.0. The molecule has 0 aliphatic rings. The van der Waals surface area contributed by atoms with E-state index in [-0.39, 0.29) is 5.91 Å². The lowest BCUT2D eigenvalue weighted by Crippen LogP contribution is -2.41. The van der Waals surface area contributed by atoms with Gasteiger partial charge in [-0.05, 0) is 6.92 Å². The Kier molecular flexibility index (Phi) is 8.27. The summed E-state index contributed by atoms with van der Waals surface area (Å²) in [6.07, 6.45) is 0. The number of carbonyl (C=O) groups excluding carboxylic acids is 1. The largest absolute Gasteiger partial charge is 0.383 e. The summed E-state index contributed by atoms with van der Waals surface area (Å²) in [6, 6.07) is 0. The number of hydrogen-bond donors (Lipinski definition) is 1. The lowest BCUT2D eigenvalue weighted by atomic mass is 10.4. The number of methoxy groups -OCH3 is 1. The molecule has 2 N–H and O–H groups in total. The summed E-state index contributed by atoms with van der Waals surface area (Å²) in [4.78, 5) is 15.3. The molecule has 0 fully saturated rings. The van der Waals surface area contributed by atoms with Crippen LogP contribution < -0.4 is 5.73 Å². The Hall–Kier alpha value is -0.650. The zero-order chi connectivity index (χ0) is 11.7. The van der Waals surface area contributed by atoms with Crippen molar-refractivity contribution in [2.45, 2.75) is 6.92 Å². The van der Waals surface area contributed by atoms with Gasteiger partial charge in [0.25, 0.3) is 0 Å². The summed E-state index contributed by atoms with van der Waals surface area (Å²) < 4.78 is 4.98. The highest BCUT2D eigenvalue weighted by Gasteiger charge is 2.12. The van der Waals surface area contributed by atoms with E-state index >= 15 is 0 Å². The predicted molar refractivity (Wildman–Crippen MR) is 60.7 cm³/mol. The van der Waals surface area contributed by atoms with E-state index in [2.05, 4.69) is 0 Å². The molecule has 0 aliphatic carbocycles. The van der Waals surface area contributed by atoms with Gasteiger partial charge in [-0.25, -0.2) is 0 Å². The second kappa shape index (κ2) is 8.64. The van der Waals surface area contributed by atoms with Gasteiger partial charge in [0.1, 0.15) is 0 Å². The van der Waals surface area contributed by atoms with Crippen molar-refractivity contribution in [2.75, 3.05) is 53.5 Å². The molecule has 1 amide bonds. The van der Waals surface area contributed by atoms with Crippen LogP contribution in [0.5, 0.6) is 0 Å². The fourth-order valence-corrected chi connectivity index (χ4v) is 1.16. The van der Waals surface area contributed by atoms with E-state index in [9.17, 15) is 4.79 Å². The minimum atomic E-state index is 0.127. The Labute approximate surface area is 92.2 Å². The van der Waals surface area contributed by atoms with Crippen LogP contribution in [0.15, 0.2) is 0 Å². The van der Waals surface area contributed by atoms with Crippen molar-refractivity contribution < 1.29 is 9.53 Å². The number of rotatable bonds is 8. The van der Waals surface area contributed by atoms with Gasteiger partial charge in [-0.1, -0.05) is 0 Å². The number of hydrogen-bond acceptors (Lipinski definition) is 4. The molecule has 0 unspecified atom stereocenters. The van der Waals surface area contributed by atoms with Crippen LogP contribution in [0.3, 0.4) is 0 Å².